The zero-order valence-electron chi connectivity index (χ0n) is 13.1. The van der Waals surface area contributed by atoms with Crippen LogP contribution in [0.4, 0.5) is 0 Å². The molecule has 0 saturated carbocycles. The lowest BCUT2D eigenvalue weighted by atomic mass is 9.92. The molecule has 0 aromatic heterocycles. The van der Waals surface area contributed by atoms with Gasteiger partial charge < -0.3 is 9.84 Å². The fraction of sp³-hybridized carbons (Fsp3) is 0.300. The van der Waals surface area contributed by atoms with Gasteiger partial charge in [0, 0.05) is 13.1 Å². The number of hydrogen-bond donors (Lipinski definition) is 1. The topological polar surface area (TPSA) is 32.7 Å². The van der Waals surface area contributed by atoms with Crippen molar-refractivity contribution in [2.45, 2.75) is 19.0 Å². The number of benzene rings is 2. The molecular weight excluding hydrogens is 286 g/mol. The molecule has 1 atom stereocenters. The predicted molar refractivity (Wildman–Crippen MR) is 91.2 cm³/mol. The minimum Gasteiger partial charge on any atom is -0.481 e. The zero-order chi connectivity index (χ0) is 16.1. The quantitative estimate of drug-likeness (QED) is 0.862. The fourth-order valence-electron chi connectivity index (χ4n) is 3.16. The molecule has 1 heterocycles. The Kier molecular flexibility index (Phi) is 4.97. The molecular formula is C20H21NO2. The van der Waals surface area contributed by atoms with E-state index in [1.54, 1.807) is 0 Å². The van der Waals surface area contributed by atoms with Crippen molar-refractivity contribution in [1.82, 2.24) is 4.90 Å². The third-order valence-corrected chi connectivity index (χ3v) is 4.33. The molecule has 0 radical (unpaired) electrons. The molecule has 0 fully saturated rings. The van der Waals surface area contributed by atoms with Crippen LogP contribution >= 0.6 is 0 Å². The van der Waals surface area contributed by atoms with E-state index in [4.69, 9.17) is 11.2 Å². The number of fused-ring (bicyclic) bond motifs is 1. The van der Waals surface area contributed by atoms with Crippen LogP contribution in [0, 0.1) is 12.3 Å². The van der Waals surface area contributed by atoms with E-state index in [2.05, 4.69) is 41.2 Å². The molecule has 23 heavy (non-hydrogen) atoms. The van der Waals surface area contributed by atoms with Gasteiger partial charge in [0.1, 0.15) is 12.4 Å². The molecule has 1 aliphatic heterocycles. The number of rotatable bonds is 5. The minimum absolute atomic E-state index is 0.0670. The highest BCUT2D eigenvalue weighted by Crippen LogP contribution is 2.30. The molecule has 3 rings (SSSR count). The van der Waals surface area contributed by atoms with Gasteiger partial charge in [-0.15, -0.1) is 6.42 Å². The van der Waals surface area contributed by atoms with Crippen LogP contribution in [-0.4, -0.2) is 29.8 Å². The van der Waals surface area contributed by atoms with Crippen molar-refractivity contribution in [1.29, 1.82) is 0 Å². The van der Waals surface area contributed by atoms with E-state index in [0.29, 0.717) is 0 Å². The van der Waals surface area contributed by atoms with Crippen molar-refractivity contribution in [2.75, 3.05) is 19.8 Å². The highest BCUT2D eigenvalue weighted by molar-refractivity contribution is 5.33. The number of aliphatic hydroxyl groups excluding tert-OH is 1. The van der Waals surface area contributed by atoms with Gasteiger partial charge in [-0.3, -0.25) is 4.90 Å². The summed E-state index contributed by atoms with van der Waals surface area (Å²) in [5.41, 5.74) is 3.80. The van der Waals surface area contributed by atoms with Crippen LogP contribution < -0.4 is 4.74 Å². The molecule has 0 saturated heterocycles. The van der Waals surface area contributed by atoms with E-state index in [1.165, 1.54) is 16.7 Å². The number of aliphatic hydroxyl groups is 1. The van der Waals surface area contributed by atoms with E-state index >= 15 is 0 Å². The first-order valence-corrected chi connectivity index (χ1v) is 7.89. The number of hydrogen-bond acceptors (Lipinski definition) is 3. The molecule has 1 N–H and O–H groups in total. The van der Waals surface area contributed by atoms with Gasteiger partial charge in [0.05, 0.1) is 12.6 Å². The predicted octanol–water partition coefficient (Wildman–Crippen LogP) is 2.79. The summed E-state index contributed by atoms with van der Waals surface area (Å²) in [6, 6.07) is 16.5. The SMILES string of the molecule is C#CCOc1ccc(CN2CCc3ccccc3[C@H]2CO)cc1. The summed E-state index contributed by atoms with van der Waals surface area (Å²) in [5, 5.41) is 9.85. The summed E-state index contributed by atoms with van der Waals surface area (Å²) < 4.78 is 5.40. The summed E-state index contributed by atoms with van der Waals surface area (Å²) in [7, 11) is 0. The summed E-state index contributed by atoms with van der Waals surface area (Å²) in [5.74, 6) is 3.25. The van der Waals surface area contributed by atoms with Crippen molar-refractivity contribution in [3.05, 3.63) is 65.2 Å². The van der Waals surface area contributed by atoms with Gasteiger partial charge in [-0.05, 0) is 35.2 Å². The van der Waals surface area contributed by atoms with Gasteiger partial charge in [0.2, 0.25) is 0 Å². The normalized spacial score (nSPS) is 17.3. The third kappa shape index (κ3) is 3.56. The van der Waals surface area contributed by atoms with Crippen molar-refractivity contribution >= 4 is 0 Å². The Morgan fingerprint density at radius 3 is 2.70 bits per heavy atom. The highest BCUT2D eigenvalue weighted by atomic mass is 16.5. The van der Waals surface area contributed by atoms with E-state index in [-0.39, 0.29) is 19.3 Å². The van der Waals surface area contributed by atoms with Gasteiger partial charge in [-0.1, -0.05) is 42.3 Å². The lowest BCUT2D eigenvalue weighted by molar-refractivity contribution is 0.108. The van der Waals surface area contributed by atoms with Crippen molar-refractivity contribution in [2.24, 2.45) is 0 Å². The molecule has 1 aliphatic rings. The lowest BCUT2D eigenvalue weighted by Crippen LogP contribution is -2.36. The second-order valence-electron chi connectivity index (χ2n) is 5.75. The Hall–Kier alpha value is -2.28. The number of nitrogens with zero attached hydrogens (tertiary/aromatic N) is 1. The molecule has 2 aromatic carbocycles. The lowest BCUT2D eigenvalue weighted by Gasteiger charge is -2.36. The number of ether oxygens (including phenoxy) is 1. The maximum Gasteiger partial charge on any atom is 0.148 e. The van der Waals surface area contributed by atoms with Crippen LogP contribution in [0.25, 0.3) is 0 Å². The van der Waals surface area contributed by atoms with Crippen molar-refractivity contribution < 1.29 is 9.84 Å². The van der Waals surface area contributed by atoms with E-state index in [0.717, 1.165) is 25.3 Å². The Bertz CT molecular complexity index is 688. The smallest absolute Gasteiger partial charge is 0.148 e. The van der Waals surface area contributed by atoms with Crippen LogP contribution in [-0.2, 0) is 13.0 Å². The minimum atomic E-state index is 0.0670. The van der Waals surface area contributed by atoms with Gasteiger partial charge in [0.15, 0.2) is 0 Å². The van der Waals surface area contributed by atoms with Crippen LogP contribution in [0.1, 0.15) is 22.7 Å². The highest BCUT2D eigenvalue weighted by Gasteiger charge is 2.26. The Labute approximate surface area is 137 Å². The van der Waals surface area contributed by atoms with Crippen LogP contribution in [0.5, 0.6) is 5.75 Å². The fourth-order valence-corrected chi connectivity index (χ4v) is 3.16. The third-order valence-electron chi connectivity index (χ3n) is 4.33. The first-order chi connectivity index (χ1) is 11.3. The van der Waals surface area contributed by atoms with Crippen molar-refractivity contribution in [3.8, 4) is 18.1 Å². The van der Waals surface area contributed by atoms with Crippen LogP contribution in [0.3, 0.4) is 0 Å². The second kappa shape index (κ2) is 7.32. The molecule has 0 unspecified atom stereocenters. The number of terminal acetylenes is 1. The molecule has 0 bridgehead atoms. The molecule has 0 amide bonds. The maximum atomic E-state index is 9.85. The Morgan fingerprint density at radius 1 is 1.17 bits per heavy atom. The van der Waals surface area contributed by atoms with E-state index < -0.39 is 0 Å². The van der Waals surface area contributed by atoms with Crippen molar-refractivity contribution in [3.63, 3.8) is 0 Å². The first kappa shape index (κ1) is 15.6. The average molecular weight is 307 g/mol. The second-order valence-corrected chi connectivity index (χ2v) is 5.75. The molecule has 3 nitrogen and oxygen atoms in total. The maximum absolute atomic E-state index is 9.85. The van der Waals surface area contributed by atoms with Gasteiger partial charge >= 0.3 is 0 Å². The molecule has 3 heteroatoms. The van der Waals surface area contributed by atoms with E-state index in [9.17, 15) is 5.11 Å². The summed E-state index contributed by atoms with van der Waals surface area (Å²) in [6.07, 6.45) is 6.22. The van der Waals surface area contributed by atoms with Crippen LogP contribution in [0.2, 0.25) is 0 Å². The molecule has 2 aromatic rings. The Morgan fingerprint density at radius 2 is 1.96 bits per heavy atom. The van der Waals surface area contributed by atoms with E-state index in [1.807, 2.05) is 18.2 Å². The standard InChI is InChI=1S/C20H21NO2/c1-2-13-23-18-9-7-16(8-10-18)14-21-12-11-17-5-3-4-6-19(17)20(21)15-22/h1,3-10,20,22H,11-15H2/t20-/m1/s1. The Balaban J connectivity index is 1.71. The van der Waals surface area contributed by atoms with Gasteiger partial charge in [-0.25, -0.2) is 0 Å². The molecule has 0 aliphatic carbocycles. The summed E-state index contributed by atoms with van der Waals surface area (Å²) in [6.45, 7) is 2.20. The largest absolute Gasteiger partial charge is 0.481 e. The van der Waals surface area contributed by atoms with Gasteiger partial charge in [-0.2, -0.15) is 0 Å². The van der Waals surface area contributed by atoms with Gasteiger partial charge in [0.25, 0.3) is 0 Å². The monoisotopic (exact) mass is 307 g/mol. The van der Waals surface area contributed by atoms with Crippen LogP contribution in [0.15, 0.2) is 48.5 Å². The zero-order valence-corrected chi connectivity index (χ0v) is 13.1. The molecule has 118 valence electrons. The summed E-state index contributed by atoms with van der Waals surface area (Å²) in [4.78, 5) is 2.33. The first-order valence-electron chi connectivity index (χ1n) is 7.89. The molecule has 0 spiro atoms. The summed E-state index contributed by atoms with van der Waals surface area (Å²) >= 11 is 0. The average Bonchev–Trinajstić information content (AvgIpc) is 2.61.